The lowest BCUT2D eigenvalue weighted by Gasteiger charge is -2.44. The van der Waals surface area contributed by atoms with E-state index in [2.05, 4.69) is 52.6 Å². The molecule has 116 valence electrons. The normalized spacial score (nSPS) is 20.8. The predicted molar refractivity (Wildman–Crippen MR) is 101 cm³/mol. The molecule has 0 aromatic heterocycles. The fourth-order valence-electron chi connectivity index (χ4n) is 3.35. The Bertz CT molecular complexity index is 427. The van der Waals surface area contributed by atoms with Gasteiger partial charge < -0.3 is 5.41 Å². The van der Waals surface area contributed by atoms with Crippen LogP contribution in [0.5, 0.6) is 0 Å². The lowest BCUT2D eigenvalue weighted by atomic mass is 9.90. The molecule has 0 spiro atoms. The second kappa shape index (κ2) is 7.77. The lowest BCUT2D eigenvalue weighted by molar-refractivity contribution is 0.610. The third-order valence-corrected chi connectivity index (χ3v) is 11.3. The van der Waals surface area contributed by atoms with Crippen molar-refractivity contribution in [2.45, 2.75) is 70.6 Å². The topological polar surface area (TPSA) is 23.9 Å². The Labute approximate surface area is 133 Å². The molecule has 0 fully saturated rings. The molecule has 3 heteroatoms. The molecule has 0 aromatic carbocycles. The molecule has 0 amide bonds. The van der Waals surface area contributed by atoms with E-state index < -0.39 is 7.26 Å². The lowest BCUT2D eigenvalue weighted by Crippen LogP contribution is -2.37. The largest absolute Gasteiger partial charge is 0.310 e. The monoisotopic (exact) mass is 304 g/mol. The summed E-state index contributed by atoms with van der Waals surface area (Å²) in [5, 5.41) is 8.42. The van der Waals surface area contributed by atoms with Crippen LogP contribution in [0.25, 0.3) is 0 Å². The van der Waals surface area contributed by atoms with Crippen LogP contribution < -0.4 is 0 Å². The maximum Gasteiger partial charge on any atom is 0.122 e. The molecule has 1 rings (SSSR count). The van der Waals surface area contributed by atoms with Crippen molar-refractivity contribution in [2.75, 3.05) is 12.7 Å². The summed E-state index contributed by atoms with van der Waals surface area (Å²) in [6.45, 7) is 11.6. The maximum absolute atomic E-state index is 8.25. The average Bonchev–Trinajstić information content (AvgIpc) is 2.46. The zero-order valence-electron chi connectivity index (χ0n) is 14.6. The van der Waals surface area contributed by atoms with Crippen LogP contribution in [0.15, 0.2) is 23.8 Å². The fourth-order valence-corrected chi connectivity index (χ4v) is 6.58. The smallest absolute Gasteiger partial charge is 0.122 e. The molecule has 0 heterocycles. The summed E-state index contributed by atoms with van der Waals surface area (Å²) >= 11 is 0. The van der Waals surface area contributed by atoms with Crippen LogP contribution in [0.2, 0.25) is 0 Å². The highest BCUT2D eigenvalue weighted by atomic mass is 31.2. The van der Waals surface area contributed by atoms with Crippen LogP contribution in [0.1, 0.15) is 59.8 Å². The molecule has 0 saturated carbocycles. The van der Waals surface area contributed by atoms with Gasteiger partial charge in [-0.2, -0.15) is 0 Å². The fraction of sp³-hybridized carbons (Fsp3) is 0.722. The molecule has 0 saturated heterocycles. The van der Waals surface area contributed by atoms with E-state index in [1.54, 1.807) is 5.57 Å². The Kier molecular flexibility index (Phi) is 6.92. The van der Waals surface area contributed by atoms with Gasteiger partial charge in [0.15, 0.2) is 0 Å². The zero-order valence-corrected chi connectivity index (χ0v) is 15.5. The van der Waals surface area contributed by atoms with Crippen molar-refractivity contribution in [3.63, 3.8) is 0 Å². The number of allylic oxidation sites excluding steroid dienone is 4. The second-order valence-corrected chi connectivity index (χ2v) is 12.2. The Balaban J connectivity index is 3.11. The quantitative estimate of drug-likeness (QED) is 0.352. The van der Waals surface area contributed by atoms with Crippen LogP contribution >= 0.6 is 7.26 Å². The standard InChI is InChI=1S/C18H32BNP/c1-6-17(20)13-18(4,21(5,14-19)15(2)3)12-16-10-8-7-9-11-16/h7-8,10,15,20H,6,9,11-14H2,1-5H3/q+1. The molecule has 0 aliphatic heterocycles. The number of rotatable bonds is 8. The molecule has 21 heavy (non-hydrogen) atoms. The first kappa shape index (κ1) is 18.7. The van der Waals surface area contributed by atoms with Crippen LogP contribution in [0.3, 0.4) is 0 Å². The van der Waals surface area contributed by atoms with E-state index in [4.69, 9.17) is 13.3 Å². The van der Waals surface area contributed by atoms with Gasteiger partial charge in [-0.15, -0.1) is 0 Å². The summed E-state index contributed by atoms with van der Waals surface area (Å²) in [4.78, 5) is 0. The van der Waals surface area contributed by atoms with E-state index in [9.17, 15) is 0 Å². The third-order valence-electron chi connectivity index (χ3n) is 5.48. The first-order chi connectivity index (χ1) is 9.79. The van der Waals surface area contributed by atoms with Crippen molar-refractivity contribution in [1.29, 1.82) is 5.41 Å². The summed E-state index contributed by atoms with van der Waals surface area (Å²) in [5.74, 6) is 0. The summed E-state index contributed by atoms with van der Waals surface area (Å²) in [7, 11) is 4.96. The number of hydrogen-bond donors (Lipinski definition) is 1. The predicted octanol–water partition coefficient (Wildman–Crippen LogP) is 5.41. The van der Waals surface area contributed by atoms with Gasteiger partial charge in [0.05, 0.1) is 10.8 Å². The first-order valence-electron chi connectivity index (χ1n) is 8.25. The van der Waals surface area contributed by atoms with E-state index in [1.807, 2.05) is 0 Å². The van der Waals surface area contributed by atoms with Gasteiger partial charge in [-0.1, -0.05) is 30.7 Å². The Hall–Kier alpha value is -0.355. The molecule has 1 nitrogen and oxygen atoms in total. The molecular formula is C18H32BNP+. The molecule has 0 bridgehead atoms. The Morgan fingerprint density at radius 1 is 1.48 bits per heavy atom. The van der Waals surface area contributed by atoms with Crippen molar-refractivity contribution in [3.8, 4) is 0 Å². The van der Waals surface area contributed by atoms with E-state index >= 15 is 0 Å². The average molecular weight is 304 g/mol. The van der Waals surface area contributed by atoms with Gasteiger partial charge in [-0.25, -0.2) is 0 Å². The van der Waals surface area contributed by atoms with E-state index in [0.29, 0.717) is 5.66 Å². The van der Waals surface area contributed by atoms with Crippen LogP contribution in [0.4, 0.5) is 0 Å². The van der Waals surface area contributed by atoms with Gasteiger partial charge in [0, 0.05) is 38.5 Å². The summed E-state index contributed by atoms with van der Waals surface area (Å²) in [6.07, 6.45) is 11.9. The van der Waals surface area contributed by atoms with Gasteiger partial charge in [-0.3, -0.25) is 0 Å². The minimum absolute atomic E-state index is 0.167. The summed E-state index contributed by atoms with van der Waals surface area (Å²) < 4.78 is 0. The third kappa shape index (κ3) is 4.32. The molecular weight excluding hydrogens is 272 g/mol. The molecule has 2 radical (unpaired) electrons. The van der Waals surface area contributed by atoms with Gasteiger partial charge in [0.2, 0.25) is 0 Å². The zero-order chi connectivity index (χ0) is 16.1. The SMILES string of the molecule is [B]C[P+](C)(C(C)C)C(C)(CC(=N)CC)CC1=CC=CCC1. The highest BCUT2D eigenvalue weighted by Gasteiger charge is 2.52. The van der Waals surface area contributed by atoms with Gasteiger partial charge in [0.25, 0.3) is 0 Å². The second-order valence-electron chi connectivity index (χ2n) is 7.14. The van der Waals surface area contributed by atoms with E-state index in [-0.39, 0.29) is 5.16 Å². The number of nitrogens with one attached hydrogen (secondary N) is 1. The van der Waals surface area contributed by atoms with E-state index in [0.717, 1.165) is 37.5 Å². The Morgan fingerprint density at radius 3 is 2.57 bits per heavy atom. The molecule has 2 unspecified atom stereocenters. The van der Waals surface area contributed by atoms with Gasteiger partial charge in [-0.05, 0) is 40.0 Å². The molecule has 0 aromatic rings. The molecule has 1 aliphatic rings. The molecule has 1 aliphatic carbocycles. The highest BCUT2D eigenvalue weighted by molar-refractivity contribution is 7.78. The summed E-state index contributed by atoms with van der Waals surface area (Å²) in [5.41, 5.74) is 3.05. The van der Waals surface area contributed by atoms with Gasteiger partial charge >= 0.3 is 0 Å². The Morgan fingerprint density at radius 2 is 2.14 bits per heavy atom. The molecule has 1 N–H and O–H groups in total. The van der Waals surface area contributed by atoms with E-state index in [1.165, 1.54) is 6.42 Å². The van der Waals surface area contributed by atoms with Crippen molar-refractivity contribution >= 4 is 20.8 Å². The van der Waals surface area contributed by atoms with Crippen LogP contribution in [-0.4, -0.2) is 37.1 Å². The van der Waals surface area contributed by atoms with Crippen LogP contribution in [-0.2, 0) is 0 Å². The maximum atomic E-state index is 8.25. The van der Waals surface area contributed by atoms with Crippen molar-refractivity contribution in [1.82, 2.24) is 0 Å². The minimum Gasteiger partial charge on any atom is -0.310 e. The van der Waals surface area contributed by atoms with Crippen molar-refractivity contribution in [2.24, 2.45) is 0 Å². The van der Waals surface area contributed by atoms with Gasteiger partial charge in [0.1, 0.15) is 7.85 Å². The van der Waals surface area contributed by atoms with Crippen molar-refractivity contribution < 1.29 is 0 Å². The van der Waals surface area contributed by atoms with Crippen LogP contribution in [0, 0.1) is 5.41 Å². The first-order valence-corrected chi connectivity index (χ1v) is 10.7. The number of hydrogen-bond acceptors (Lipinski definition) is 1. The summed E-state index contributed by atoms with van der Waals surface area (Å²) in [6, 6.07) is 0.793. The minimum atomic E-state index is -1.31. The highest BCUT2D eigenvalue weighted by Crippen LogP contribution is 2.71. The molecule has 2 atom stereocenters. The van der Waals surface area contributed by atoms with Crippen molar-refractivity contribution in [3.05, 3.63) is 23.8 Å².